The van der Waals surface area contributed by atoms with Gasteiger partial charge in [0.25, 0.3) is 0 Å². The number of aromatic nitrogens is 1. The van der Waals surface area contributed by atoms with Gasteiger partial charge >= 0.3 is 0 Å². The minimum absolute atomic E-state index is 0.314. The maximum Gasteiger partial charge on any atom is 0.0794 e. The van der Waals surface area contributed by atoms with Gasteiger partial charge in [-0.1, -0.05) is 34.6 Å². The number of rotatable bonds is 4. The average molecular weight is 295 g/mol. The monoisotopic (exact) mass is 295 g/mol. The molecule has 0 radical (unpaired) electrons. The van der Waals surface area contributed by atoms with Crippen LogP contribution in [-0.2, 0) is 6.54 Å². The van der Waals surface area contributed by atoms with E-state index in [0.29, 0.717) is 17.5 Å². The van der Waals surface area contributed by atoms with Crippen molar-refractivity contribution in [1.29, 1.82) is 0 Å². The van der Waals surface area contributed by atoms with Gasteiger partial charge in [0, 0.05) is 42.8 Å². The molecular weight excluding hydrogens is 266 g/mol. The first kappa shape index (κ1) is 15.9. The van der Waals surface area contributed by atoms with E-state index in [1.54, 1.807) is 11.3 Å². The summed E-state index contributed by atoms with van der Waals surface area (Å²) >= 11 is 1.77. The predicted octanol–water partition coefficient (Wildman–Crippen LogP) is 3.38. The number of piperazine rings is 1. The van der Waals surface area contributed by atoms with E-state index in [4.69, 9.17) is 0 Å². The zero-order chi connectivity index (χ0) is 14.8. The number of thiazole rings is 1. The molecule has 1 aromatic rings. The maximum absolute atomic E-state index is 4.22. The minimum Gasteiger partial charge on any atom is -0.311 e. The molecule has 1 N–H and O–H groups in total. The van der Waals surface area contributed by atoms with Gasteiger partial charge in [-0.15, -0.1) is 11.3 Å². The fourth-order valence-electron chi connectivity index (χ4n) is 2.93. The van der Waals surface area contributed by atoms with Crippen LogP contribution in [0.5, 0.6) is 0 Å². The second-order valence-electron chi connectivity index (χ2n) is 7.51. The quantitative estimate of drug-likeness (QED) is 0.923. The van der Waals surface area contributed by atoms with Crippen LogP contribution in [0.4, 0.5) is 0 Å². The lowest BCUT2D eigenvalue weighted by atomic mass is 9.84. The molecule has 1 aliphatic heterocycles. The van der Waals surface area contributed by atoms with Gasteiger partial charge in [-0.2, -0.15) is 0 Å². The zero-order valence-electron chi connectivity index (χ0n) is 13.5. The topological polar surface area (TPSA) is 28.2 Å². The Morgan fingerprint density at radius 3 is 2.75 bits per heavy atom. The Bertz CT molecular complexity index is 394. The van der Waals surface area contributed by atoms with Crippen molar-refractivity contribution in [3.8, 4) is 0 Å². The molecule has 0 aromatic carbocycles. The summed E-state index contributed by atoms with van der Waals surface area (Å²) in [7, 11) is 0. The smallest absolute Gasteiger partial charge is 0.0794 e. The third-order valence-corrected chi connectivity index (χ3v) is 4.93. The normalized spacial score (nSPS) is 25.3. The standard InChI is InChI=1S/C16H29N3S/c1-12(2)6-13-7-18-15(16(3,4)5)10-19(13)9-14-8-17-11-20-14/h8,11-13,15,18H,6-7,9-10H2,1-5H3. The Hall–Kier alpha value is -0.450. The number of hydrogen-bond acceptors (Lipinski definition) is 4. The van der Waals surface area contributed by atoms with Crippen LogP contribution < -0.4 is 5.32 Å². The van der Waals surface area contributed by atoms with Crippen molar-refractivity contribution in [2.45, 2.75) is 59.7 Å². The summed E-state index contributed by atoms with van der Waals surface area (Å²) in [5, 5.41) is 3.77. The van der Waals surface area contributed by atoms with Crippen molar-refractivity contribution in [2.24, 2.45) is 11.3 Å². The maximum atomic E-state index is 4.22. The second-order valence-corrected chi connectivity index (χ2v) is 8.48. The molecule has 20 heavy (non-hydrogen) atoms. The Morgan fingerprint density at radius 2 is 2.20 bits per heavy atom. The molecule has 114 valence electrons. The Balaban J connectivity index is 2.06. The third-order valence-electron chi connectivity index (χ3n) is 4.16. The SMILES string of the molecule is CC(C)CC1CNC(C(C)(C)C)CN1Cc1cncs1. The molecule has 3 nitrogen and oxygen atoms in total. The van der Waals surface area contributed by atoms with Gasteiger partial charge in [0.15, 0.2) is 0 Å². The summed E-state index contributed by atoms with van der Waals surface area (Å²) in [6, 6.07) is 1.22. The molecule has 0 amide bonds. The molecule has 2 atom stereocenters. The highest BCUT2D eigenvalue weighted by Crippen LogP contribution is 2.27. The predicted molar refractivity (Wildman–Crippen MR) is 87.0 cm³/mol. The van der Waals surface area contributed by atoms with Crippen molar-refractivity contribution >= 4 is 11.3 Å². The van der Waals surface area contributed by atoms with Gasteiger partial charge in [-0.05, 0) is 17.8 Å². The fraction of sp³-hybridized carbons (Fsp3) is 0.812. The van der Waals surface area contributed by atoms with Crippen LogP contribution in [0.3, 0.4) is 0 Å². The first-order chi connectivity index (χ1) is 9.36. The number of nitrogens with one attached hydrogen (secondary N) is 1. The van der Waals surface area contributed by atoms with E-state index in [-0.39, 0.29) is 0 Å². The van der Waals surface area contributed by atoms with Crippen LogP contribution in [0.25, 0.3) is 0 Å². The first-order valence-corrected chi connectivity index (χ1v) is 8.59. The minimum atomic E-state index is 0.314. The van der Waals surface area contributed by atoms with Crippen LogP contribution >= 0.6 is 11.3 Å². The van der Waals surface area contributed by atoms with Gasteiger partial charge in [0.2, 0.25) is 0 Å². The molecule has 2 heterocycles. The first-order valence-electron chi connectivity index (χ1n) is 7.71. The summed E-state index contributed by atoms with van der Waals surface area (Å²) in [4.78, 5) is 8.27. The van der Waals surface area contributed by atoms with E-state index in [9.17, 15) is 0 Å². The summed E-state index contributed by atoms with van der Waals surface area (Å²) < 4.78 is 0. The Labute approximate surface area is 127 Å². The lowest BCUT2D eigenvalue weighted by Crippen LogP contribution is -2.60. The third kappa shape index (κ3) is 4.27. The molecule has 2 unspecified atom stereocenters. The van der Waals surface area contributed by atoms with Crippen molar-refractivity contribution < 1.29 is 0 Å². The molecular formula is C16H29N3S. The van der Waals surface area contributed by atoms with E-state index in [1.165, 1.54) is 11.3 Å². The van der Waals surface area contributed by atoms with Crippen molar-refractivity contribution in [3.63, 3.8) is 0 Å². The highest BCUT2D eigenvalue weighted by atomic mass is 32.1. The lowest BCUT2D eigenvalue weighted by molar-refractivity contribution is 0.0698. The van der Waals surface area contributed by atoms with E-state index >= 15 is 0 Å². The fourth-order valence-corrected chi connectivity index (χ4v) is 3.55. The van der Waals surface area contributed by atoms with Gasteiger partial charge in [-0.25, -0.2) is 0 Å². The van der Waals surface area contributed by atoms with E-state index < -0.39 is 0 Å². The van der Waals surface area contributed by atoms with Gasteiger partial charge < -0.3 is 5.32 Å². The zero-order valence-corrected chi connectivity index (χ0v) is 14.3. The van der Waals surface area contributed by atoms with Crippen molar-refractivity contribution in [3.05, 3.63) is 16.6 Å². The largest absolute Gasteiger partial charge is 0.311 e. The van der Waals surface area contributed by atoms with Crippen LogP contribution in [0, 0.1) is 11.3 Å². The molecule has 1 aliphatic rings. The lowest BCUT2D eigenvalue weighted by Gasteiger charge is -2.45. The number of nitrogens with zero attached hydrogens (tertiary/aromatic N) is 2. The van der Waals surface area contributed by atoms with Crippen LogP contribution in [0.1, 0.15) is 45.9 Å². The number of hydrogen-bond donors (Lipinski definition) is 1. The van der Waals surface area contributed by atoms with Gasteiger partial charge in [0.1, 0.15) is 0 Å². The van der Waals surface area contributed by atoms with Crippen molar-refractivity contribution in [2.75, 3.05) is 13.1 Å². The molecule has 4 heteroatoms. The van der Waals surface area contributed by atoms with E-state index in [1.807, 2.05) is 11.7 Å². The van der Waals surface area contributed by atoms with Crippen LogP contribution in [0.15, 0.2) is 11.7 Å². The van der Waals surface area contributed by atoms with E-state index in [0.717, 1.165) is 25.6 Å². The Morgan fingerprint density at radius 1 is 1.45 bits per heavy atom. The van der Waals surface area contributed by atoms with Crippen molar-refractivity contribution in [1.82, 2.24) is 15.2 Å². The van der Waals surface area contributed by atoms with Crippen LogP contribution in [0.2, 0.25) is 0 Å². The molecule has 0 aliphatic carbocycles. The summed E-state index contributed by atoms with van der Waals surface area (Å²) in [5.74, 6) is 0.747. The molecule has 0 spiro atoms. The Kier molecular flexibility index (Phi) is 5.21. The summed E-state index contributed by atoms with van der Waals surface area (Å²) in [6.45, 7) is 14.9. The molecule has 1 aromatic heterocycles. The molecule has 1 fully saturated rings. The molecule has 1 saturated heterocycles. The van der Waals surface area contributed by atoms with E-state index in [2.05, 4.69) is 49.8 Å². The highest BCUT2D eigenvalue weighted by molar-refractivity contribution is 7.09. The van der Waals surface area contributed by atoms with Gasteiger partial charge in [0.05, 0.1) is 5.51 Å². The summed E-state index contributed by atoms with van der Waals surface area (Å²) in [5.41, 5.74) is 2.25. The molecule has 2 rings (SSSR count). The average Bonchev–Trinajstić information content (AvgIpc) is 2.82. The highest BCUT2D eigenvalue weighted by Gasteiger charge is 2.34. The molecule has 0 bridgehead atoms. The summed E-state index contributed by atoms with van der Waals surface area (Å²) in [6.07, 6.45) is 3.29. The molecule has 0 saturated carbocycles. The van der Waals surface area contributed by atoms with Crippen LogP contribution in [-0.4, -0.2) is 35.1 Å². The second kappa shape index (κ2) is 6.54. The van der Waals surface area contributed by atoms with Gasteiger partial charge in [-0.3, -0.25) is 9.88 Å².